The van der Waals surface area contributed by atoms with Crippen LogP contribution in [0.25, 0.3) is 0 Å². The molecular formula is C45H70O17. The van der Waals surface area contributed by atoms with Crippen LogP contribution < -0.4 is 0 Å². The first kappa shape index (κ1) is 45.9. The highest BCUT2D eigenvalue weighted by Crippen LogP contribution is 2.70. The molecule has 9 N–H and O–H groups in total. The molecule has 5 saturated heterocycles. The average molecular weight is 883 g/mol. The van der Waals surface area contributed by atoms with Crippen LogP contribution in [0.15, 0.2) is 23.8 Å². The molecule has 62 heavy (non-hydrogen) atoms. The predicted octanol–water partition coefficient (Wildman–Crippen LogP) is 0.134. The Kier molecular flexibility index (Phi) is 12.7. The van der Waals surface area contributed by atoms with Crippen LogP contribution in [0.5, 0.6) is 0 Å². The highest BCUT2D eigenvalue weighted by atomic mass is 16.8. The summed E-state index contributed by atoms with van der Waals surface area (Å²) in [5.74, 6) is 1.79. The fraction of sp³-hybridized carbons (Fsp3) is 0.911. The second kappa shape index (κ2) is 17.1. The van der Waals surface area contributed by atoms with E-state index in [9.17, 15) is 46.0 Å². The lowest BCUT2D eigenvalue weighted by Gasteiger charge is -2.58. The minimum Gasteiger partial charge on any atom is -0.394 e. The molecule has 9 aliphatic rings. The van der Waals surface area contributed by atoms with Gasteiger partial charge in [-0.05, 0) is 92.8 Å². The Bertz CT molecular complexity index is 1650. The maximum absolute atomic E-state index is 11.6. The summed E-state index contributed by atoms with van der Waals surface area (Å²) in [6, 6.07) is 0. The molecule has 1 spiro atoms. The number of ether oxygens (including phenoxy) is 8. The van der Waals surface area contributed by atoms with E-state index in [2.05, 4.69) is 33.4 Å². The van der Waals surface area contributed by atoms with Crippen LogP contribution in [0.1, 0.15) is 85.5 Å². The summed E-state index contributed by atoms with van der Waals surface area (Å²) < 4.78 is 50.1. The third kappa shape index (κ3) is 7.41. The highest BCUT2D eigenvalue weighted by Gasteiger charge is 2.69. The third-order valence-corrected chi connectivity index (χ3v) is 17.4. The molecule has 25 atom stereocenters. The lowest BCUT2D eigenvalue weighted by atomic mass is 9.47. The van der Waals surface area contributed by atoms with Crippen molar-refractivity contribution in [3.8, 4) is 0 Å². The second-order valence-electron chi connectivity index (χ2n) is 20.7. The van der Waals surface area contributed by atoms with Gasteiger partial charge < -0.3 is 83.9 Å². The lowest BCUT2D eigenvalue weighted by molar-refractivity contribution is -0.394. The number of allylic oxidation sites excluding steroid dienone is 1. The molecule has 17 heteroatoms. The number of fused-ring (bicyclic) bond motifs is 7. The smallest absolute Gasteiger partial charge is 0.187 e. The van der Waals surface area contributed by atoms with E-state index in [4.69, 9.17) is 37.9 Å². The van der Waals surface area contributed by atoms with Crippen molar-refractivity contribution in [3.05, 3.63) is 23.8 Å². The molecule has 352 valence electrons. The zero-order valence-corrected chi connectivity index (χ0v) is 36.3. The van der Waals surface area contributed by atoms with Gasteiger partial charge in [-0.1, -0.05) is 44.6 Å². The Morgan fingerprint density at radius 1 is 0.726 bits per heavy atom. The Balaban J connectivity index is 0.941. The summed E-state index contributed by atoms with van der Waals surface area (Å²) >= 11 is 0. The second-order valence-corrected chi connectivity index (χ2v) is 20.7. The van der Waals surface area contributed by atoms with Gasteiger partial charge in [0, 0.05) is 12.3 Å². The summed E-state index contributed by atoms with van der Waals surface area (Å²) in [6.07, 6.45) is -12.8. The summed E-state index contributed by atoms with van der Waals surface area (Å²) in [6.45, 7) is 12.1. The van der Waals surface area contributed by atoms with Crippen molar-refractivity contribution in [1.29, 1.82) is 0 Å². The Morgan fingerprint density at radius 2 is 1.39 bits per heavy atom. The highest BCUT2D eigenvalue weighted by molar-refractivity contribution is 5.26. The van der Waals surface area contributed by atoms with Crippen LogP contribution >= 0.6 is 0 Å². The van der Waals surface area contributed by atoms with Gasteiger partial charge in [0.2, 0.25) is 0 Å². The SMILES string of the molecule is C=C1CC[C@@]2(OC1)OC1CC3C4CC=C5C[C@@H](O[C@@H]6O[C@H](CO)[C@@H](O)[C@H](O[C@@H]7O[C@H](CO)[C@@H](O)[C@H](O)[C@H]7O)[C@H]6O[C@@H]6O[C@@H](C)[C@H](O)[C@@H](O)[C@H]6O)CC[C@]5(C)C4CC[C@]3(C)[C@H]1[C@@H]2C. The van der Waals surface area contributed by atoms with Crippen molar-refractivity contribution >= 4 is 0 Å². The quantitative estimate of drug-likeness (QED) is 0.147. The molecule has 9 rings (SSSR count). The molecule has 8 fully saturated rings. The van der Waals surface area contributed by atoms with Crippen LogP contribution in [-0.4, -0.2) is 176 Å². The molecule has 0 bridgehead atoms. The monoisotopic (exact) mass is 882 g/mol. The summed E-state index contributed by atoms with van der Waals surface area (Å²) in [7, 11) is 0. The van der Waals surface area contributed by atoms with Gasteiger partial charge in [0.25, 0.3) is 0 Å². The van der Waals surface area contributed by atoms with Crippen molar-refractivity contribution < 1.29 is 83.9 Å². The van der Waals surface area contributed by atoms with Crippen LogP contribution in [0.3, 0.4) is 0 Å². The first-order valence-corrected chi connectivity index (χ1v) is 23.0. The van der Waals surface area contributed by atoms with Crippen LogP contribution in [0, 0.1) is 40.4 Å². The molecule has 5 heterocycles. The summed E-state index contributed by atoms with van der Waals surface area (Å²) in [4.78, 5) is 0. The summed E-state index contributed by atoms with van der Waals surface area (Å²) in [5, 5.41) is 95.8. The molecule has 0 aromatic heterocycles. The molecule has 0 radical (unpaired) electrons. The predicted molar refractivity (Wildman–Crippen MR) is 214 cm³/mol. The number of rotatable bonds is 8. The topological polar surface area (TPSA) is 256 Å². The molecular weight excluding hydrogens is 812 g/mol. The van der Waals surface area contributed by atoms with Crippen molar-refractivity contribution in [2.75, 3.05) is 19.8 Å². The first-order chi connectivity index (χ1) is 29.4. The molecule has 0 aromatic carbocycles. The zero-order valence-electron chi connectivity index (χ0n) is 36.3. The zero-order chi connectivity index (χ0) is 44.2. The molecule has 4 aliphatic carbocycles. The molecule has 0 aromatic rings. The molecule has 3 saturated carbocycles. The minimum atomic E-state index is -1.84. The maximum atomic E-state index is 11.6. The average Bonchev–Trinajstić information content (AvgIpc) is 3.70. The van der Waals surface area contributed by atoms with E-state index in [0.29, 0.717) is 49.0 Å². The normalized spacial score (nSPS) is 56.5. The van der Waals surface area contributed by atoms with Crippen molar-refractivity contribution in [2.45, 2.75) is 196 Å². The van der Waals surface area contributed by atoms with Gasteiger partial charge in [-0.15, -0.1) is 0 Å². The van der Waals surface area contributed by atoms with Crippen molar-refractivity contribution in [1.82, 2.24) is 0 Å². The van der Waals surface area contributed by atoms with E-state index < -0.39 is 117 Å². The van der Waals surface area contributed by atoms with Gasteiger partial charge in [0.05, 0.1) is 38.1 Å². The fourth-order valence-corrected chi connectivity index (χ4v) is 13.9. The Hall–Kier alpha value is -1.20. The van der Waals surface area contributed by atoms with E-state index in [1.807, 2.05) is 0 Å². The van der Waals surface area contributed by atoms with Gasteiger partial charge in [-0.25, -0.2) is 0 Å². The number of aliphatic hydroxyl groups is 9. The van der Waals surface area contributed by atoms with E-state index in [0.717, 1.165) is 50.5 Å². The van der Waals surface area contributed by atoms with Crippen molar-refractivity contribution in [3.63, 3.8) is 0 Å². The van der Waals surface area contributed by atoms with Gasteiger partial charge in [0.15, 0.2) is 24.7 Å². The van der Waals surface area contributed by atoms with E-state index >= 15 is 0 Å². The number of aliphatic hydroxyl groups excluding tert-OH is 9. The first-order valence-electron chi connectivity index (χ1n) is 23.0. The van der Waals surface area contributed by atoms with Crippen LogP contribution in [0.2, 0.25) is 0 Å². The van der Waals surface area contributed by atoms with Crippen LogP contribution in [-0.2, 0) is 37.9 Å². The number of hydrogen-bond donors (Lipinski definition) is 9. The minimum absolute atomic E-state index is 0.0581. The molecule has 17 nitrogen and oxygen atoms in total. The van der Waals surface area contributed by atoms with Gasteiger partial charge in [-0.2, -0.15) is 0 Å². The fourth-order valence-electron chi connectivity index (χ4n) is 13.9. The third-order valence-electron chi connectivity index (χ3n) is 17.4. The van der Waals surface area contributed by atoms with E-state index in [-0.39, 0.29) is 16.9 Å². The standard InChI is InChI=1S/C45H70O17/c1-19-8-13-45(55-18-19)20(2)30-27(62-45)15-26-24-7-6-22-14-23(9-11-43(22,4)25(24)10-12-44(26,30)5)57-42-39(61-40-36(53)34(51)31(48)21(3)56-40)38(33(50)29(17-47)59-42)60-41-37(54)35(52)32(49)28(16-46)58-41/h6,20-21,23-42,46-54H,1,7-18H2,2-5H3/t20-,21-,23-,24?,25?,26?,27?,28+,29+,30-,31-,32+,33+,34+,35-,36+,37+,38-,39+,40-,41-,42+,43-,44-,45+/m0/s1. The van der Waals surface area contributed by atoms with Gasteiger partial charge in [-0.3, -0.25) is 0 Å². The summed E-state index contributed by atoms with van der Waals surface area (Å²) in [5.41, 5.74) is 2.55. The largest absolute Gasteiger partial charge is 0.394 e. The maximum Gasteiger partial charge on any atom is 0.187 e. The molecule has 0 amide bonds. The Morgan fingerprint density at radius 3 is 2.08 bits per heavy atom. The number of hydrogen-bond acceptors (Lipinski definition) is 17. The van der Waals surface area contributed by atoms with Gasteiger partial charge in [0.1, 0.15) is 67.1 Å². The molecule has 5 aliphatic heterocycles. The van der Waals surface area contributed by atoms with E-state index in [1.54, 1.807) is 0 Å². The molecule has 4 unspecified atom stereocenters. The van der Waals surface area contributed by atoms with Crippen LogP contribution in [0.4, 0.5) is 0 Å². The van der Waals surface area contributed by atoms with E-state index in [1.165, 1.54) is 12.5 Å². The Labute approximate surface area is 362 Å². The lowest BCUT2D eigenvalue weighted by Crippen LogP contribution is -2.67. The van der Waals surface area contributed by atoms with Gasteiger partial charge >= 0.3 is 0 Å². The van der Waals surface area contributed by atoms with Crippen molar-refractivity contribution in [2.24, 2.45) is 40.4 Å².